The Balaban J connectivity index is 4.26. The summed E-state index contributed by atoms with van der Waals surface area (Å²) in [4.78, 5) is 2.56. The summed E-state index contributed by atoms with van der Waals surface area (Å²) in [6.45, 7) is 16.9. The predicted molar refractivity (Wildman–Crippen MR) is 73.6 cm³/mol. The summed E-state index contributed by atoms with van der Waals surface area (Å²) < 4.78 is 0. The lowest BCUT2D eigenvalue weighted by molar-refractivity contribution is 0.163. The van der Waals surface area contributed by atoms with Gasteiger partial charge in [-0.2, -0.15) is 0 Å². The first-order chi connectivity index (χ1) is 7.30. The summed E-state index contributed by atoms with van der Waals surface area (Å²) >= 11 is 0. The molecule has 1 unspecified atom stereocenters. The maximum Gasteiger partial charge on any atom is 0.00387 e. The van der Waals surface area contributed by atoms with Crippen LogP contribution in [0.2, 0.25) is 0 Å². The van der Waals surface area contributed by atoms with E-state index in [4.69, 9.17) is 5.73 Å². The first kappa shape index (κ1) is 15.9. The summed E-state index contributed by atoms with van der Waals surface area (Å²) in [5, 5.41) is 0. The highest BCUT2D eigenvalue weighted by molar-refractivity contribution is 4.74. The van der Waals surface area contributed by atoms with E-state index in [2.05, 4.69) is 46.4 Å². The molecule has 0 amide bonds. The Labute approximate surface area is 103 Å². The first-order valence-electron chi connectivity index (χ1n) is 6.74. The van der Waals surface area contributed by atoms with E-state index in [1.165, 1.54) is 19.4 Å². The number of hydrogen-bond donors (Lipinski definition) is 1. The second-order valence-electron chi connectivity index (χ2n) is 6.46. The van der Waals surface area contributed by atoms with Crippen LogP contribution in [0.5, 0.6) is 0 Å². The highest BCUT2D eigenvalue weighted by Crippen LogP contribution is 2.24. The Morgan fingerprint density at radius 3 is 2.06 bits per heavy atom. The molecule has 0 bridgehead atoms. The highest BCUT2D eigenvalue weighted by atomic mass is 15.1. The fourth-order valence-corrected chi connectivity index (χ4v) is 2.27. The first-order valence-corrected chi connectivity index (χ1v) is 6.74. The van der Waals surface area contributed by atoms with Gasteiger partial charge in [-0.15, -0.1) is 0 Å². The summed E-state index contributed by atoms with van der Waals surface area (Å²) in [6.07, 6.45) is 2.45. The molecule has 0 saturated carbocycles. The van der Waals surface area contributed by atoms with E-state index in [0.29, 0.717) is 17.4 Å². The van der Waals surface area contributed by atoms with Gasteiger partial charge < -0.3 is 10.6 Å². The van der Waals surface area contributed by atoms with E-state index >= 15 is 0 Å². The second-order valence-corrected chi connectivity index (χ2v) is 6.46. The van der Waals surface area contributed by atoms with Crippen molar-refractivity contribution in [1.29, 1.82) is 0 Å². The standard InChI is InChI=1S/C14H32N2/c1-7-8-16(12(2)3)11-13(10-15)9-14(4,5)6/h12-13H,7-11,15H2,1-6H3. The minimum Gasteiger partial charge on any atom is -0.330 e. The van der Waals surface area contributed by atoms with Gasteiger partial charge in [0.05, 0.1) is 0 Å². The highest BCUT2D eigenvalue weighted by Gasteiger charge is 2.20. The Morgan fingerprint density at radius 1 is 1.19 bits per heavy atom. The molecule has 0 radical (unpaired) electrons. The van der Waals surface area contributed by atoms with Gasteiger partial charge in [-0.1, -0.05) is 27.7 Å². The molecule has 2 N–H and O–H groups in total. The molecule has 98 valence electrons. The van der Waals surface area contributed by atoms with Crippen LogP contribution >= 0.6 is 0 Å². The van der Waals surface area contributed by atoms with Gasteiger partial charge in [0.15, 0.2) is 0 Å². The van der Waals surface area contributed by atoms with Gasteiger partial charge in [0.25, 0.3) is 0 Å². The molecule has 2 nitrogen and oxygen atoms in total. The zero-order valence-electron chi connectivity index (χ0n) is 12.2. The molecule has 2 heteroatoms. The van der Waals surface area contributed by atoms with Gasteiger partial charge >= 0.3 is 0 Å². The molecule has 1 atom stereocenters. The van der Waals surface area contributed by atoms with Crippen LogP contribution in [0.25, 0.3) is 0 Å². The summed E-state index contributed by atoms with van der Waals surface area (Å²) in [5.74, 6) is 0.633. The summed E-state index contributed by atoms with van der Waals surface area (Å²) in [6, 6.07) is 0.633. The number of hydrogen-bond acceptors (Lipinski definition) is 2. The van der Waals surface area contributed by atoms with Crippen molar-refractivity contribution in [3.05, 3.63) is 0 Å². The van der Waals surface area contributed by atoms with Crippen LogP contribution in [0, 0.1) is 11.3 Å². The van der Waals surface area contributed by atoms with E-state index < -0.39 is 0 Å². The van der Waals surface area contributed by atoms with E-state index in [0.717, 1.165) is 13.1 Å². The third-order valence-corrected chi connectivity index (χ3v) is 2.97. The number of nitrogens with zero attached hydrogens (tertiary/aromatic N) is 1. The minimum atomic E-state index is 0.388. The van der Waals surface area contributed by atoms with Gasteiger partial charge in [0, 0.05) is 12.6 Å². The minimum absolute atomic E-state index is 0.388. The maximum absolute atomic E-state index is 5.90. The molecule has 16 heavy (non-hydrogen) atoms. The van der Waals surface area contributed by atoms with Crippen molar-refractivity contribution in [3.63, 3.8) is 0 Å². The van der Waals surface area contributed by atoms with Crippen LogP contribution in [-0.2, 0) is 0 Å². The molecule has 0 aliphatic heterocycles. The number of nitrogens with two attached hydrogens (primary N) is 1. The van der Waals surface area contributed by atoms with Crippen LogP contribution < -0.4 is 5.73 Å². The Hall–Kier alpha value is -0.0800. The van der Waals surface area contributed by atoms with Crippen LogP contribution in [0.1, 0.15) is 54.4 Å². The SMILES string of the molecule is CCCN(CC(CN)CC(C)(C)C)C(C)C. The van der Waals surface area contributed by atoms with Gasteiger partial charge in [-0.3, -0.25) is 0 Å². The lowest BCUT2D eigenvalue weighted by Gasteiger charge is -2.33. The largest absolute Gasteiger partial charge is 0.330 e. The second kappa shape index (κ2) is 7.29. The third kappa shape index (κ3) is 7.24. The van der Waals surface area contributed by atoms with Crippen molar-refractivity contribution < 1.29 is 0 Å². The molecule has 0 saturated heterocycles. The average molecular weight is 228 g/mol. The molecule has 0 spiro atoms. The molecular formula is C14H32N2. The number of rotatable bonds is 7. The Morgan fingerprint density at radius 2 is 1.75 bits per heavy atom. The maximum atomic E-state index is 5.90. The molecule has 0 aromatic heterocycles. The zero-order valence-corrected chi connectivity index (χ0v) is 12.2. The molecule has 0 aromatic rings. The topological polar surface area (TPSA) is 29.3 Å². The lowest BCUT2D eigenvalue weighted by atomic mass is 9.84. The van der Waals surface area contributed by atoms with Crippen LogP contribution in [0.4, 0.5) is 0 Å². The quantitative estimate of drug-likeness (QED) is 0.725. The van der Waals surface area contributed by atoms with Crippen molar-refractivity contribution in [1.82, 2.24) is 4.90 Å². The Kier molecular flexibility index (Phi) is 7.25. The van der Waals surface area contributed by atoms with E-state index in [1.54, 1.807) is 0 Å². The Bertz CT molecular complexity index is 170. The van der Waals surface area contributed by atoms with Gasteiger partial charge in [-0.05, 0) is 51.1 Å². The molecule has 0 rings (SSSR count). The molecule has 0 heterocycles. The fraction of sp³-hybridized carbons (Fsp3) is 1.00. The molecule has 0 aromatic carbocycles. The predicted octanol–water partition coefficient (Wildman–Crippen LogP) is 3.12. The molecule has 0 fully saturated rings. The molecule has 0 aliphatic rings. The molecule has 0 aliphatic carbocycles. The summed E-state index contributed by atoms with van der Waals surface area (Å²) in [7, 11) is 0. The third-order valence-electron chi connectivity index (χ3n) is 2.97. The zero-order chi connectivity index (χ0) is 12.8. The van der Waals surface area contributed by atoms with Crippen molar-refractivity contribution in [2.24, 2.45) is 17.1 Å². The smallest absolute Gasteiger partial charge is 0.00387 e. The molecular weight excluding hydrogens is 196 g/mol. The van der Waals surface area contributed by atoms with Crippen LogP contribution in [-0.4, -0.2) is 30.6 Å². The van der Waals surface area contributed by atoms with E-state index in [-0.39, 0.29) is 0 Å². The van der Waals surface area contributed by atoms with E-state index in [9.17, 15) is 0 Å². The van der Waals surface area contributed by atoms with Crippen molar-refractivity contribution in [3.8, 4) is 0 Å². The van der Waals surface area contributed by atoms with Crippen molar-refractivity contribution in [2.45, 2.75) is 60.4 Å². The normalized spacial score (nSPS) is 14.8. The summed E-state index contributed by atoms with van der Waals surface area (Å²) in [5.41, 5.74) is 6.29. The average Bonchev–Trinajstić information content (AvgIpc) is 2.13. The monoisotopic (exact) mass is 228 g/mol. The lowest BCUT2D eigenvalue weighted by Crippen LogP contribution is -2.39. The fourth-order valence-electron chi connectivity index (χ4n) is 2.27. The van der Waals surface area contributed by atoms with Crippen molar-refractivity contribution in [2.75, 3.05) is 19.6 Å². The van der Waals surface area contributed by atoms with Crippen LogP contribution in [0.3, 0.4) is 0 Å². The van der Waals surface area contributed by atoms with Crippen molar-refractivity contribution >= 4 is 0 Å². The van der Waals surface area contributed by atoms with Crippen LogP contribution in [0.15, 0.2) is 0 Å². The van der Waals surface area contributed by atoms with Gasteiger partial charge in [0.1, 0.15) is 0 Å². The van der Waals surface area contributed by atoms with E-state index in [1.807, 2.05) is 0 Å². The van der Waals surface area contributed by atoms with Gasteiger partial charge in [0.2, 0.25) is 0 Å². The van der Waals surface area contributed by atoms with Gasteiger partial charge in [-0.25, -0.2) is 0 Å².